The molecule has 0 amide bonds. The van der Waals surface area contributed by atoms with E-state index in [1.165, 1.54) is 19.0 Å². The van der Waals surface area contributed by atoms with E-state index < -0.39 is 10.0 Å². The van der Waals surface area contributed by atoms with Crippen LogP contribution in [0.5, 0.6) is 11.5 Å². The van der Waals surface area contributed by atoms with Crippen LogP contribution in [-0.4, -0.2) is 62.9 Å². The summed E-state index contributed by atoms with van der Waals surface area (Å²) in [6.45, 7) is 3.73. The van der Waals surface area contributed by atoms with Crippen LogP contribution in [0.2, 0.25) is 5.02 Å². The lowest BCUT2D eigenvalue weighted by molar-refractivity contribution is 0.230. The highest BCUT2D eigenvalue weighted by Crippen LogP contribution is 2.33. The quantitative estimate of drug-likeness (QED) is 0.328. The minimum Gasteiger partial charge on any atom is -0.493 e. The molecule has 0 atom stereocenters. The Hall–Kier alpha value is -3.28. The molecule has 1 aromatic heterocycles. The Bertz CT molecular complexity index is 1300. The number of rotatable bonds is 11. The molecule has 36 heavy (non-hydrogen) atoms. The van der Waals surface area contributed by atoms with Gasteiger partial charge in [0.25, 0.3) is 0 Å². The second-order valence-corrected chi connectivity index (χ2v) is 10.5. The summed E-state index contributed by atoms with van der Waals surface area (Å²) in [6.07, 6.45) is 5.04. The Balaban J connectivity index is 1.46. The molecule has 1 aliphatic rings. The number of sulfonamides is 1. The topological polar surface area (TPSA) is 118 Å². The van der Waals surface area contributed by atoms with Crippen LogP contribution in [0.15, 0.2) is 48.7 Å². The van der Waals surface area contributed by atoms with Crippen molar-refractivity contribution in [2.24, 2.45) is 0 Å². The number of aromatic nitrogens is 2. The second kappa shape index (κ2) is 11.6. The molecule has 1 fully saturated rings. The zero-order valence-electron chi connectivity index (χ0n) is 20.1. The van der Waals surface area contributed by atoms with Gasteiger partial charge < -0.3 is 20.1 Å². The summed E-state index contributed by atoms with van der Waals surface area (Å²) in [6, 6.07) is 12.3. The molecule has 2 heterocycles. The molecular formula is C24H29ClN6O4S. The number of hydrogen-bond donors (Lipinski definition) is 3. The number of methoxy groups -OCH3 is 1. The molecular weight excluding hydrogens is 504 g/mol. The van der Waals surface area contributed by atoms with E-state index in [0.29, 0.717) is 46.9 Å². The van der Waals surface area contributed by atoms with Crippen LogP contribution in [-0.2, 0) is 10.0 Å². The third-order valence-electron chi connectivity index (χ3n) is 5.50. The predicted octanol–water partition coefficient (Wildman–Crippen LogP) is 4.47. The maximum Gasteiger partial charge on any atom is 0.229 e. The molecule has 0 aliphatic carbocycles. The van der Waals surface area contributed by atoms with Gasteiger partial charge in [-0.15, -0.1) is 0 Å². The van der Waals surface area contributed by atoms with Gasteiger partial charge in [-0.3, -0.25) is 9.62 Å². The average Bonchev–Trinajstić information content (AvgIpc) is 3.36. The van der Waals surface area contributed by atoms with Crippen molar-refractivity contribution in [3.05, 3.63) is 53.7 Å². The van der Waals surface area contributed by atoms with Crippen molar-refractivity contribution in [2.75, 3.05) is 55.0 Å². The highest BCUT2D eigenvalue weighted by molar-refractivity contribution is 7.92. The van der Waals surface area contributed by atoms with Gasteiger partial charge in [0, 0.05) is 18.3 Å². The summed E-state index contributed by atoms with van der Waals surface area (Å²) < 4.78 is 37.3. The van der Waals surface area contributed by atoms with Gasteiger partial charge in [0.2, 0.25) is 16.0 Å². The second-order valence-electron chi connectivity index (χ2n) is 8.32. The zero-order chi connectivity index (χ0) is 25.5. The van der Waals surface area contributed by atoms with Gasteiger partial charge in [0.15, 0.2) is 17.3 Å². The monoisotopic (exact) mass is 532 g/mol. The van der Waals surface area contributed by atoms with Crippen molar-refractivity contribution in [3.8, 4) is 11.5 Å². The molecule has 4 rings (SSSR count). The van der Waals surface area contributed by atoms with Gasteiger partial charge in [-0.05, 0) is 50.2 Å². The third-order valence-corrected chi connectivity index (χ3v) is 6.37. The highest BCUT2D eigenvalue weighted by atomic mass is 35.5. The summed E-state index contributed by atoms with van der Waals surface area (Å²) >= 11 is 6.30. The van der Waals surface area contributed by atoms with Crippen molar-refractivity contribution in [3.63, 3.8) is 0 Å². The lowest BCUT2D eigenvalue weighted by Crippen LogP contribution is -2.25. The standard InChI is InChI=1S/C24H29ClN6O4S/c1-34-22-15-17(9-10-21(22)35-14-13-31-11-5-6-12-31)27-24-26-16-18(25)23(29-24)28-19-7-3-4-8-20(19)30-36(2,32)33/h3-4,7-10,15-16,30H,5-6,11-14H2,1-2H3,(H2,26,27,28,29). The largest absolute Gasteiger partial charge is 0.493 e. The lowest BCUT2D eigenvalue weighted by atomic mass is 10.2. The zero-order valence-corrected chi connectivity index (χ0v) is 21.7. The molecule has 3 N–H and O–H groups in total. The van der Waals surface area contributed by atoms with Gasteiger partial charge >= 0.3 is 0 Å². The number of benzene rings is 2. The fraction of sp³-hybridized carbons (Fsp3) is 0.333. The van der Waals surface area contributed by atoms with Crippen LogP contribution in [0, 0.1) is 0 Å². The molecule has 0 spiro atoms. The minimum absolute atomic E-state index is 0.272. The fourth-order valence-corrected chi connectivity index (χ4v) is 4.52. The summed E-state index contributed by atoms with van der Waals surface area (Å²) in [5.41, 5.74) is 1.56. The number of hydrogen-bond acceptors (Lipinski definition) is 9. The van der Waals surface area contributed by atoms with E-state index in [9.17, 15) is 8.42 Å². The van der Waals surface area contributed by atoms with Crippen molar-refractivity contribution >= 4 is 50.5 Å². The van der Waals surface area contributed by atoms with E-state index in [1.807, 2.05) is 18.2 Å². The van der Waals surface area contributed by atoms with Crippen LogP contribution in [0.25, 0.3) is 0 Å². The molecule has 1 aliphatic heterocycles. The number of likely N-dealkylation sites (tertiary alicyclic amines) is 1. The molecule has 0 bridgehead atoms. The predicted molar refractivity (Wildman–Crippen MR) is 143 cm³/mol. The molecule has 10 nitrogen and oxygen atoms in total. The molecule has 2 aromatic carbocycles. The molecule has 1 saturated heterocycles. The Morgan fingerprint density at radius 1 is 1.06 bits per heavy atom. The van der Waals surface area contributed by atoms with Crippen LogP contribution in [0.3, 0.4) is 0 Å². The van der Waals surface area contributed by atoms with Crippen LogP contribution in [0.4, 0.5) is 28.8 Å². The number of halogens is 1. The van der Waals surface area contributed by atoms with Crippen molar-refractivity contribution in [1.82, 2.24) is 14.9 Å². The van der Waals surface area contributed by atoms with Crippen LogP contribution >= 0.6 is 11.6 Å². The first-order valence-corrected chi connectivity index (χ1v) is 13.7. The molecule has 0 unspecified atom stereocenters. The first-order chi connectivity index (χ1) is 17.3. The smallest absolute Gasteiger partial charge is 0.229 e. The Morgan fingerprint density at radius 2 is 1.81 bits per heavy atom. The highest BCUT2D eigenvalue weighted by Gasteiger charge is 2.14. The number of anilines is 5. The number of para-hydroxylation sites is 2. The molecule has 0 radical (unpaired) electrons. The van der Waals surface area contributed by atoms with Crippen molar-refractivity contribution in [1.29, 1.82) is 0 Å². The molecule has 12 heteroatoms. The van der Waals surface area contributed by atoms with Crippen molar-refractivity contribution < 1.29 is 17.9 Å². The van der Waals surface area contributed by atoms with E-state index in [1.54, 1.807) is 31.4 Å². The van der Waals surface area contributed by atoms with E-state index in [-0.39, 0.29) is 5.02 Å². The first kappa shape index (κ1) is 25.8. The van der Waals surface area contributed by atoms with Gasteiger partial charge in [-0.2, -0.15) is 4.98 Å². The van der Waals surface area contributed by atoms with Gasteiger partial charge in [0.05, 0.1) is 30.9 Å². The maximum atomic E-state index is 11.7. The van der Waals surface area contributed by atoms with Crippen LogP contribution < -0.4 is 24.8 Å². The minimum atomic E-state index is -3.46. The average molecular weight is 533 g/mol. The molecule has 192 valence electrons. The first-order valence-electron chi connectivity index (χ1n) is 11.5. The normalized spacial score (nSPS) is 13.9. The third kappa shape index (κ3) is 7.12. The van der Waals surface area contributed by atoms with Gasteiger partial charge in [0.1, 0.15) is 11.6 Å². The van der Waals surface area contributed by atoms with E-state index in [0.717, 1.165) is 25.9 Å². The van der Waals surface area contributed by atoms with E-state index in [4.69, 9.17) is 21.1 Å². The number of ether oxygens (including phenoxy) is 2. The summed E-state index contributed by atoms with van der Waals surface area (Å²) in [4.78, 5) is 11.1. The van der Waals surface area contributed by atoms with Crippen LogP contribution in [0.1, 0.15) is 12.8 Å². The van der Waals surface area contributed by atoms with E-state index in [2.05, 4.69) is 30.2 Å². The van der Waals surface area contributed by atoms with Crippen molar-refractivity contribution in [2.45, 2.75) is 12.8 Å². The maximum absolute atomic E-state index is 11.7. The SMILES string of the molecule is COc1cc(Nc2ncc(Cl)c(Nc3ccccc3NS(C)(=O)=O)n2)ccc1OCCN1CCCC1. The molecule has 3 aromatic rings. The molecule has 0 saturated carbocycles. The summed E-state index contributed by atoms with van der Waals surface area (Å²) in [5, 5.41) is 6.48. The summed E-state index contributed by atoms with van der Waals surface area (Å²) in [5.74, 6) is 1.86. The number of nitrogens with one attached hydrogen (secondary N) is 3. The van der Waals surface area contributed by atoms with E-state index >= 15 is 0 Å². The lowest BCUT2D eigenvalue weighted by Gasteiger charge is -2.17. The summed E-state index contributed by atoms with van der Waals surface area (Å²) in [7, 11) is -1.87. The number of nitrogens with zero attached hydrogens (tertiary/aromatic N) is 3. The Kier molecular flexibility index (Phi) is 8.34. The van der Waals surface area contributed by atoms with Gasteiger partial charge in [-0.25, -0.2) is 13.4 Å². The van der Waals surface area contributed by atoms with Gasteiger partial charge in [-0.1, -0.05) is 23.7 Å². The Morgan fingerprint density at radius 3 is 2.53 bits per heavy atom. The Labute approximate surface area is 216 Å². The fourth-order valence-electron chi connectivity index (χ4n) is 3.81.